The van der Waals surface area contributed by atoms with E-state index in [2.05, 4.69) is 19.1 Å². The third kappa shape index (κ3) is 1.59. The van der Waals surface area contributed by atoms with Crippen LogP contribution in [0.5, 0.6) is 5.75 Å². The van der Waals surface area contributed by atoms with E-state index in [1.54, 1.807) is 0 Å². The Morgan fingerprint density at radius 1 is 1.31 bits per heavy atom. The molecule has 0 saturated carbocycles. The summed E-state index contributed by atoms with van der Waals surface area (Å²) in [6.45, 7) is 4.57. The number of hydrogen-bond acceptors (Lipinski definition) is 1. The Morgan fingerprint density at radius 3 is 3.00 bits per heavy atom. The Bertz CT molecular complexity index is 326. The molecule has 0 unspecified atom stereocenters. The molecule has 1 aliphatic heterocycles. The van der Waals surface area contributed by atoms with E-state index in [0.29, 0.717) is 6.61 Å². The summed E-state index contributed by atoms with van der Waals surface area (Å²) in [7, 11) is 0. The van der Waals surface area contributed by atoms with E-state index in [1.165, 1.54) is 11.1 Å². The van der Waals surface area contributed by atoms with E-state index in [9.17, 15) is 0 Å². The molecule has 0 amide bonds. The molecule has 1 radical (unpaired) electrons. The third-order valence-electron chi connectivity index (χ3n) is 2.25. The molecule has 1 heteroatoms. The van der Waals surface area contributed by atoms with Crippen LogP contribution in [0.2, 0.25) is 0 Å². The number of fused-ring (bicyclic) bond motifs is 1. The summed E-state index contributed by atoms with van der Waals surface area (Å²) in [5.74, 6) is 1.01. The molecule has 0 aromatic heterocycles. The summed E-state index contributed by atoms with van der Waals surface area (Å²) in [5, 5.41) is 0. The highest BCUT2D eigenvalue weighted by molar-refractivity contribution is 5.72. The minimum absolute atomic E-state index is 0.701. The van der Waals surface area contributed by atoms with E-state index in [4.69, 9.17) is 4.74 Å². The number of rotatable bonds is 2. The fraction of sp³-hybridized carbons (Fsp3) is 0.250. The van der Waals surface area contributed by atoms with E-state index >= 15 is 0 Å². The van der Waals surface area contributed by atoms with Gasteiger partial charge in [-0.2, -0.15) is 0 Å². The number of hydrogen-bond donors (Lipinski definition) is 0. The summed E-state index contributed by atoms with van der Waals surface area (Å²) in [6, 6.07) is 8.18. The topological polar surface area (TPSA) is 9.23 Å². The standard InChI is InChI=1S/C12H13O/c1-2-5-10-8-9-13-12-7-4-3-6-11(10)12/h3-4,6-8H,1-2,5,9H2. The van der Waals surface area contributed by atoms with Crippen LogP contribution < -0.4 is 4.74 Å². The molecule has 0 aliphatic carbocycles. The van der Waals surface area contributed by atoms with Crippen LogP contribution >= 0.6 is 0 Å². The number of para-hydroxylation sites is 1. The second-order valence-electron chi connectivity index (χ2n) is 3.14. The van der Waals surface area contributed by atoms with Gasteiger partial charge in [-0.25, -0.2) is 0 Å². The lowest BCUT2D eigenvalue weighted by molar-refractivity contribution is 0.356. The zero-order valence-electron chi connectivity index (χ0n) is 7.62. The summed E-state index contributed by atoms with van der Waals surface area (Å²) in [6.07, 6.45) is 4.13. The van der Waals surface area contributed by atoms with Crippen molar-refractivity contribution in [1.29, 1.82) is 0 Å². The summed E-state index contributed by atoms with van der Waals surface area (Å²) in [4.78, 5) is 0. The lowest BCUT2D eigenvalue weighted by atomic mass is 9.99. The average Bonchev–Trinajstić information content (AvgIpc) is 2.19. The van der Waals surface area contributed by atoms with Crippen LogP contribution in [0.25, 0.3) is 5.57 Å². The molecule has 0 spiro atoms. The van der Waals surface area contributed by atoms with Crippen LogP contribution in [0.4, 0.5) is 0 Å². The van der Waals surface area contributed by atoms with Gasteiger partial charge in [0, 0.05) is 5.56 Å². The maximum atomic E-state index is 5.50. The first-order valence-electron chi connectivity index (χ1n) is 4.62. The van der Waals surface area contributed by atoms with Gasteiger partial charge in [0.1, 0.15) is 12.4 Å². The van der Waals surface area contributed by atoms with Gasteiger partial charge >= 0.3 is 0 Å². The van der Waals surface area contributed by atoms with Crippen molar-refractivity contribution in [3.63, 3.8) is 0 Å². The fourth-order valence-corrected chi connectivity index (χ4v) is 1.63. The van der Waals surface area contributed by atoms with Crippen LogP contribution in [-0.2, 0) is 0 Å². The van der Waals surface area contributed by atoms with Gasteiger partial charge in [-0.1, -0.05) is 25.1 Å². The molecule has 1 heterocycles. The SMILES string of the molecule is [CH2]CCC1=CCOc2ccccc21. The average molecular weight is 173 g/mol. The first kappa shape index (κ1) is 8.36. The Labute approximate surface area is 79.0 Å². The molecule has 0 saturated heterocycles. The van der Waals surface area contributed by atoms with Crippen LogP contribution in [0.1, 0.15) is 18.4 Å². The zero-order chi connectivity index (χ0) is 9.10. The van der Waals surface area contributed by atoms with Gasteiger partial charge in [0.15, 0.2) is 0 Å². The lowest BCUT2D eigenvalue weighted by Gasteiger charge is -2.17. The smallest absolute Gasteiger partial charge is 0.127 e. The monoisotopic (exact) mass is 173 g/mol. The molecule has 2 rings (SSSR count). The van der Waals surface area contributed by atoms with Gasteiger partial charge in [0.05, 0.1) is 0 Å². The molecule has 13 heavy (non-hydrogen) atoms. The number of ether oxygens (including phenoxy) is 1. The highest BCUT2D eigenvalue weighted by atomic mass is 16.5. The Morgan fingerprint density at radius 2 is 2.15 bits per heavy atom. The number of allylic oxidation sites excluding steroid dienone is 1. The van der Waals surface area contributed by atoms with Crippen molar-refractivity contribution >= 4 is 5.57 Å². The molecule has 1 aromatic rings. The van der Waals surface area contributed by atoms with Crippen LogP contribution in [0, 0.1) is 6.92 Å². The predicted molar refractivity (Wildman–Crippen MR) is 54.5 cm³/mol. The first-order valence-corrected chi connectivity index (χ1v) is 4.62. The molecule has 0 N–H and O–H groups in total. The molecule has 0 bridgehead atoms. The van der Waals surface area contributed by atoms with Crippen molar-refractivity contribution in [2.24, 2.45) is 0 Å². The first-order chi connectivity index (χ1) is 6.42. The van der Waals surface area contributed by atoms with E-state index in [1.807, 2.05) is 18.2 Å². The van der Waals surface area contributed by atoms with Gasteiger partial charge in [-0.05, 0) is 30.6 Å². The van der Waals surface area contributed by atoms with Crippen molar-refractivity contribution in [1.82, 2.24) is 0 Å². The fourth-order valence-electron chi connectivity index (χ4n) is 1.63. The summed E-state index contributed by atoms with van der Waals surface area (Å²) in [5.41, 5.74) is 2.61. The zero-order valence-corrected chi connectivity index (χ0v) is 7.62. The van der Waals surface area contributed by atoms with Crippen molar-refractivity contribution in [2.45, 2.75) is 12.8 Å². The highest BCUT2D eigenvalue weighted by Gasteiger charge is 2.11. The Balaban J connectivity index is 2.36. The van der Waals surface area contributed by atoms with E-state index < -0.39 is 0 Å². The van der Waals surface area contributed by atoms with E-state index in [-0.39, 0.29) is 0 Å². The molecule has 0 atom stereocenters. The summed E-state index contributed by atoms with van der Waals surface area (Å²) < 4.78 is 5.50. The van der Waals surface area contributed by atoms with E-state index in [0.717, 1.165) is 18.6 Å². The van der Waals surface area contributed by atoms with Crippen molar-refractivity contribution in [2.75, 3.05) is 6.61 Å². The molecular weight excluding hydrogens is 160 g/mol. The third-order valence-corrected chi connectivity index (χ3v) is 2.25. The maximum Gasteiger partial charge on any atom is 0.127 e. The van der Waals surface area contributed by atoms with Crippen LogP contribution in [0.15, 0.2) is 30.3 Å². The second-order valence-corrected chi connectivity index (χ2v) is 3.14. The van der Waals surface area contributed by atoms with Gasteiger partial charge < -0.3 is 4.74 Å². The Hall–Kier alpha value is -1.24. The van der Waals surface area contributed by atoms with Gasteiger partial charge in [0.2, 0.25) is 0 Å². The Kier molecular flexibility index (Phi) is 2.35. The van der Waals surface area contributed by atoms with Crippen molar-refractivity contribution < 1.29 is 4.74 Å². The van der Waals surface area contributed by atoms with Crippen LogP contribution in [0.3, 0.4) is 0 Å². The number of benzene rings is 1. The minimum atomic E-state index is 0.701. The van der Waals surface area contributed by atoms with Crippen molar-refractivity contribution in [3.8, 4) is 5.75 Å². The van der Waals surface area contributed by atoms with Gasteiger partial charge in [0.25, 0.3) is 0 Å². The normalized spacial score (nSPS) is 14.4. The predicted octanol–water partition coefficient (Wildman–Crippen LogP) is 3.08. The molecule has 1 aromatic carbocycles. The largest absolute Gasteiger partial charge is 0.489 e. The molecule has 67 valence electrons. The lowest BCUT2D eigenvalue weighted by Crippen LogP contribution is -2.04. The minimum Gasteiger partial charge on any atom is -0.489 e. The second kappa shape index (κ2) is 3.65. The van der Waals surface area contributed by atoms with Crippen molar-refractivity contribution in [3.05, 3.63) is 42.8 Å². The van der Waals surface area contributed by atoms with Gasteiger partial charge in [-0.15, -0.1) is 0 Å². The maximum absolute atomic E-state index is 5.50. The molecule has 0 fully saturated rings. The quantitative estimate of drug-likeness (QED) is 0.667. The summed E-state index contributed by atoms with van der Waals surface area (Å²) >= 11 is 0. The molecule has 1 nitrogen and oxygen atoms in total. The van der Waals surface area contributed by atoms with Gasteiger partial charge in [-0.3, -0.25) is 0 Å². The molecule has 1 aliphatic rings. The molecular formula is C12H13O. The van der Waals surface area contributed by atoms with Crippen LogP contribution in [-0.4, -0.2) is 6.61 Å². The highest BCUT2D eigenvalue weighted by Crippen LogP contribution is 2.31.